The van der Waals surface area contributed by atoms with Crippen LogP contribution in [0.4, 0.5) is 0 Å². The van der Waals surface area contributed by atoms with Gasteiger partial charge < -0.3 is 18.9 Å². The average Bonchev–Trinajstić information content (AvgIpc) is 2.91. The highest BCUT2D eigenvalue weighted by Crippen LogP contribution is 2.33. The zero-order chi connectivity index (χ0) is 28.2. The van der Waals surface area contributed by atoms with Crippen molar-refractivity contribution in [3.8, 4) is 23.0 Å². The van der Waals surface area contributed by atoms with E-state index in [9.17, 15) is 4.79 Å². The smallest absolute Gasteiger partial charge is 0.185 e. The molecule has 0 spiro atoms. The van der Waals surface area contributed by atoms with Gasteiger partial charge in [0.25, 0.3) is 0 Å². The first-order valence-corrected chi connectivity index (χ1v) is 12.9. The lowest BCUT2D eigenvalue weighted by Gasteiger charge is -2.27. The predicted octanol–water partition coefficient (Wildman–Crippen LogP) is 7.96. The molecule has 0 bridgehead atoms. The van der Waals surface area contributed by atoms with E-state index in [0.717, 1.165) is 45.3 Å². The third kappa shape index (κ3) is 6.99. The SMILES string of the molecule is COc1cc(C(=O)/C=C/c2ccc3c(c2)C=CC(C)(C)O3)ccc1C.COc1ccc2c(c1)C=CC(C)(C)O2. The number of methoxy groups -OCH3 is 2. The Bertz CT molecular complexity index is 1460. The molecule has 2 aliphatic heterocycles. The lowest BCUT2D eigenvalue weighted by Crippen LogP contribution is -2.27. The van der Waals surface area contributed by atoms with E-state index in [4.69, 9.17) is 18.9 Å². The minimum Gasteiger partial charge on any atom is -0.497 e. The molecule has 5 rings (SSSR count). The van der Waals surface area contributed by atoms with E-state index >= 15 is 0 Å². The van der Waals surface area contributed by atoms with Gasteiger partial charge in [-0.15, -0.1) is 0 Å². The summed E-state index contributed by atoms with van der Waals surface area (Å²) in [6.07, 6.45) is 11.6. The molecule has 2 heterocycles. The number of aryl methyl sites for hydroxylation is 1. The lowest BCUT2D eigenvalue weighted by molar-refractivity contribution is 0.104. The molecule has 0 N–H and O–H groups in total. The summed E-state index contributed by atoms with van der Waals surface area (Å²) in [6.45, 7) is 10.1. The van der Waals surface area contributed by atoms with Crippen LogP contribution >= 0.6 is 0 Å². The lowest BCUT2D eigenvalue weighted by atomic mass is 10.0. The molecule has 0 radical (unpaired) electrons. The molecule has 0 fully saturated rings. The van der Waals surface area contributed by atoms with Gasteiger partial charge in [0.2, 0.25) is 0 Å². The molecule has 5 heteroatoms. The number of carbonyl (C=O) groups is 1. The molecular formula is C34H36O5. The van der Waals surface area contributed by atoms with Gasteiger partial charge in [0.05, 0.1) is 14.2 Å². The maximum absolute atomic E-state index is 12.4. The van der Waals surface area contributed by atoms with Crippen LogP contribution in [-0.4, -0.2) is 31.2 Å². The standard InChI is InChI=1S/C22H22O3.C12H14O2/c1-15-5-8-17(14-21(15)24-4)19(23)9-6-16-7-10-20-18(13-16)11-12-22(2,3)25-20;1-12(2)7-6-9-8-10(13-3)4-5-11(9)14-12/h5-14H,1-4H3;4-8H,1-3H3/b9-6+;. The minimum absolute atomic E-state index is 0.0519. The molecular weight excluding hydrogens is 488 g/mol. The third-order valence-corrected chi connectivity index (χ3v) is 6.45. The number of ketones is 1. The predicted molar refractivity (Wildman–Crippen MR) is 158 cm³/mol. The van der Waals surface area contributed by atoms with Crippen molar-refractivity contribution >= 4 is 24.0 Å². The van der Waals surface area contributed by atoms with Crippen LogP contribution in [-0.2, 0) is 0 Å². The first kappa shape index (κ1) is 27.8. The molecule has 202 valence electrons. The Balaban J connectivity index is 0.000000212. The molecule has 0 unspecified atom stereocenters. The normalized spacial score (nSPS) is 15.7. The van der Waals surface area contributed by atoms with E-state index < -0.39 is 0 Å². The van der Waals surface area contributed by atoms with Crippen molar-refractivity contribution in [3.05, 3.63) is 101 Å². The molecule has 3 aromatic rings. The number of ether oxygens (including phenoxy) is 4. The van der Waals surface area contributed by atoms with Crippen LogP contribution in [0.25, 0.3) is 18.2 Å². The Morgan fingerprint density at radius 3 is 2.00 bits per heavy atom. The number of carbonyl (C=O) groups excluding carboxylic acids is 1. The Hall–Kier alpha value is -4.25. The zero-order valence-corrected chi connectivity index (χ0v) is 23.7. The first-order valence-electron chi connectivity index (χ1n) is 12.9. The molecule has 0 aromatic heterocycles. The van der Waals surface area contributed by atoms with Gasteiger partial charge in [-0.1, -0.05) is 36.4 Å². The van der Waals surface area contributed by atoms with E-state index in [1.165, 1.54) is 0 Å². The van der Waals surface area contributed by atoms with Gasteiger partial charge in [-0.3, -0.25) is 4.79 Å². The van der Waals surface area contributed by atoms with Crippen LogP contribution in [0, 0.1) is 6.92 Å². The van der Waals surface area contributed by atoms with Gasteiger partial charge in [-0.2, -0.15) is 0 Å². The van der Waals surface area contributed by atoms with Crippen LogP contribution < -0.4 is 18.9 Å². The molecule has 2 aliphatic rings. The summed E-state index contributed by atoms with van der Waals surface area (Å²) >= 11 is 0. The van der Waals surface area contributed by atoms with Crippen molar-refractivity contribution in [1.29, 1.82) is 0 Å². The van der Waals surface area contributed by atoms with Crippen molar-refractivity contribution in [3.63, 3.8) is 0 Å². The summed E-state index contributed by atoms with van der Waals surface area (Å²) in [7, 11) is 3.27. The van der Waals surface area contributed by atoms with Crippen LogP contribution in [0.2, 0.25) is 0 Å². The Kier molecular flexibility index (Phi) is 8.01. The van der Waals surface area contributed by atoms with E-state index in [-0.39, 0.29) is 17.0 Å². The van der Waals surface area contributed by atoms with E-state index in [1.807, 2.05) is 95.3 Å². The topological polar surface area (TPSA) is 54.0 Å². The van der Waals surface area contributed by atoms with Gasteiger partial charge in [0.1, 0.15) is 34.2 Å². The Labute approximate surface area is 231 Å². The maximum Gasteiger partial charge on any atom is 0.185 e. The number of benzene rings is 3. The molecule has 0 saturated carbocycles. The van der Waals surface area contributed by atoms with Crippen LogP contribution in [0.3, 0.4) is 0 Å². The number of rotatable bonds is 5. The number of hydrogen-bond donors (Lipinski definition) is 0. The minimum atomic E-state index is -0.287. The first-order chi connectivity index (χ1) is 18.5. The molecule has 0 aliphatic carbocycles. The van der Waals surface area contributed by atoms with Gasteiger partial charge in [0, 0.05) is 16.7 Å². The van der Waals surface area contributed by atoms with Crippen molar-refractivity contribution in [2.45, 2.75) is 45.8 Å². The molecule has 5 nitrogen and oxygen atoms in total. The third-order valence-electron chi connectivity index (χ3n) is 6.45. The van der Waals surface area contributed by atoms with Crippen LogP contribution in [0.1, 0.15) is 60.3 Å². The van der Waals surface area contributed by atoms with Gasteiger partial charge in [0.15, 0.2) is 5.78 Å². The fourth-order valence-corrected chi connectivity index (χ4v) is 4.23. The van der Waals surface area contributed by atoms with Gasteiger partial charge in [-0.05, 0) is 100 Å². The largest absolute Gasteiger partial charge is 0.497 e. The van der Waals surface area contributed by atoms with Crippen LogP contribution in [0.5, 0.6) is 23.0 Å². The Morgan fingerprint density at radius 1 is 0.769 bits per heavy atom. The average molecular weight is 525 g/mol. The quantitative estimate of drug-likeness (QED) is 0.250. The van der Waals surface area contributed by atoms with Crippen LogP contribution in [0.15, 0.2) is 72.8 Å². The molecule has 0 saturated heterocycles. The highest BCUT2D eigenvalue weighted by atomic mass is 16.5. The summed E-state index contributed by atoms with van der Waals surface area (Å²) in [5.41, 5.74) is 4.18. The second kappa shape index (κ2) is 11.2. The van der Waals surface area contributed by atoms with E-state index in [2.05, 4.69) is 18.2 Å². The van der Waals surface area contributed by atoms with E-state index in [1.54, 1.807) is 26.4 Å². The highest BCUT2D eigenvalue weighted by Gasteiger charge is 2.22. The Morgan fingerprint density at radius 2 is 1.38 bits per heavy atom. The second-order valence-corrected chi connectivity index (χ2v) is 10.7. The van der Waals surface area contributed by atoms with E-state index in [0.29, 0.717) is 5.56 Å². The zero-order valence-electron chi connectivity index (χ0n) is 23.7. The fourth-order valence-electron chi connectivity index (χ4n) is 4.23. The summed E-state index contributed by atoms with van der Waals surface area (Å²) in [6, 6.07) is 17.2. The maximum atomic E-state index is 12.4. The molecule has 3 aromatic carbocycles. The number of hydrogen-bond acceptors (Lipinski definition) is 5. The summed E-state index contributed by atoms with van der Waals surface area (Å²) in [5.74, 6) is 3.30. The van der Waals surface area contributed by atoms with Crippen molar-refractivity contribution in [2.75, 3.05) is 14.2 Å². The van der Waals surface area contributed by atoms with Gasteiger partial charge in [-0.25, -0.2) is 0 Å². The highest BCUT2D eigenvalue weighted by molar-refractivity contribution is 6.07. The monoisotopic (exact) mass is 524 g/mol. The van der Waals surface area contributed by atoms with Gasteiger partial charge >= 0.3 is 0 Å². The second-order valence-electron chi connectivity index (χ2n) is 10.7. The van der Waals surface area contributed by atoms with Crippen molar-refractivity contribution < 1.29 is 23.7 Å². The number of fused-ring (bicyclic) bond motifs is 2. The summed E-state index contributed by atoms with van der Waals surface area (Å²) in [5, 5.41) is 0. The van der Waals surface area contributed by atoms with Crippen molar-refractivity contribution in [2.24, 2.45) is 0 Å². The molecule has 0 amide bonds. The summed E-state index contributed by atoms with van der Waals surface area (Å²) < 4.78 is 22.1. The molecule has 0 atom stereocenters. The fraction of sp³-hybridized carbons (Fsp3) is 0.265. The molecule has 39 heavy (non-hydrogen) atoms. The summed E-state index contributed by atoms with van der Waals surface area (Å²) in [4.78, 5) is 12.4. The van der Waals surface area contributed by atoms with Crippen molar-refractivity contribution in [1.82, 2.24) is 0 Å². The number of allylic oxidation sites excluding steroid dienone is 1.